The highest BCUT2D eigenvalue weighted by Gasteiger charge is 2.42. The lowest BCUT2D eigenvalue weighted by molar-refractivity contribution is -0.117. The maximum absolute atomic E-state index is 13.0. The number of fused-ring (bicyclic) bond motifs is 1. The summed E-state index contributed by atoms with van der Waals surface area (Å²) in [6.07, 6.45) is 0.543. The third kappa shape index (κ3) is 3.91. The SMILES string of the molecule is CC(C)C1CC(=O)N(c2ccc3c(C#N)cccc3c2)C1COCc1cccs1. The van der Waals surface area contributed by atoms with Crippen LogP contribution in [-0.4, -0.2) is 18.6 Å². The monoisotopic (exact) mass is 404 g/mol. The molecule has 2 aromatic carbocycles. The number of carbonyl (C=O) groups excluding carboxylic acids is 1. The van der Waals surface area contributed by atoms with E-state index in [1.165, 1.54) is 4.88 Å². The van der Waals surface area contributed by atoms with Crippen LogP contribution in [0, 0.1) is 23.2 Å². The molecule has 2 atom stereocenters. The molecular formula is C24H24N2O2S. The van der Waals surface area contributed by atoms with Gasteiger partial charge in [0.05, 0.1) is 30.9 Å². The molecule has 148 valence electrons. The summed E-state index contributed by atoms with van der Waals surface area (Å²) in [6, 6.07) is 18.0. The van der Waals surface area contributed by atoms with Crippen molar-refractivity contribution in [1.29, 1.82) is 5.26 Å². The second kappa shape index (κ2) is 8.36. The van der Waals surface area contributed by atoms with Crippen molar-refractivity contribution in [2.24, 2.45) is 11.8 Å². The minimum atomic E-state index is 0.0130. The van der Waals surface area contributed by atoms with E-state index >= 15 is 0 Å². The molecule has 1 amide bonds. The molecular weight excluding hydrogens is 380 g/mol. The van der Waals surface area contributed by atoms with Crippen LogP contribution >= 0.6 is 11.3 Å². The highest BCUT2D eigenvalue weighted by Crippen LogP contribution is 2.37. The summed E-state index contributed by atoms with van der Waals surface area (Å²) in [5.74, 6) is 0.793. The number of hydrogen-bond acceptors (Lipinski definition) is 4. The lowest BCUT2D eigenvalue weighted by atomic mass is 9.89. The first-order chi connectivity index (χ1) is 14.1. The normalized spacial score (nSPS) is 19.2. The minimum absolute atomic E-state index is 0.0130. The van der Waals surface area contributed by atoms with Crippen LogP contribution < -0.4 is 4.90 Å². The van der Waals surface area contributed by atoms with Crippen LogP contribution in [-0.2, 0) is 16.1 Å². The van der Waals surface area contributed by atoms with Crippen LogP contribution in [0.4, 0.5) is 5.69 Å². The number of anilines is 1. The number of carbonyl (C=O) groups is 1. The van der Waals surface area contributed by atoms with Crippen LogP contribution in [0.15, 0.2) is 53.9 Å². The summed E-state index contributed by atoms with van der Waals surface area (Å²) in [5.41, 5.74) is 1.53. The van der Waals surface area contributed by atoms with Crippen molar-refractivity contribution < 1.29 is 9.53 Å². The van der Waals surface area contributed by atoms with Crippen molar-refractivity contribution in [3.05, 3.63) is 64.4 Å². The third-order valence-corrected chi connectivity index (χ3v) is 6.59. The first-order valence-electron chi connectivity index (χ1n) is 9.93. The number of thiophene rings is 1. The summed E-state index contributed by atoms with van der Waals surface area (Å²) in [7, 11) is 0. The van der Waals surface area contributed by atoms with E-state index in [0.717, 1.165) is 16.5 Å². The van der Waals surface area contributed by atoms with Gasteiger partial charge >= 0.3 is 0 Å². The molecule has 2 unspecified atom stereocenters. The van der Waals surface area contributed by atoms with E-state index in [9.17, 15) is 10.1 Å². The number of nitriles is 1. The molecule has 4 rings (SSSR count). The van der Waals surface area contributed by atoms with E-state index in [0.29, 0.717) is 31.1 Å². The molecule has 0 radical (unpaired) electrons. The molecule has 0 aliphatic carbocycles. The summed E-state index contributed by atoms with van der Waals surface area (Å²) < 4.78 is 6.04. The maximum Gasteiger partial charge on any atom is 0.227 e. The van der Waals surface area contributed by atoms with Gasteiger partial charge in [-0.1, -0.05) is 38.1 Å². The Kier molecular flexibility index (Phi) is 5.66. The third-order valence-electron chi connectivity index (χ3n) is 5.74. The summed E-state index contributed by atoms with van der Waals surface area (Å²) in [4.78, 5) is 16.1. The van der Waals surface area contributed by atoms with Crippen molar-refractivity contribution in [2.75, 3.05) is 11.5 Å². The highest BCUT2D eigenvalue weighted by molar-refractivity contribution is 7.09. The standard InChI is InChI=1S/C24H24N2O2S/c1-16(2)22-12-24(27)26(23(22)15-28-14-20-7-4-10-29-20)19-8-9-21-17(11-19)5-3-6-18(21)13-25/h3-11,16,22-23H,12,14-15H2,1-2H3. The molecule has 2 heterocycles. The molecule has 0 bridgehead atoms. The summed E-state index contributed by atoms with van der Waals surface area (Å²) >= 11 is 1.68. The molecule has 1 aliphatic heterocycles. The number of hydrogen-bond donors (Lipinski definition) is 0. The molecule has 5 heteroatoms. The highest BCUT2D eigenvalue weighted by atomic mass is 32.1. The van der Waals surface area contributed by atoms with Gasteiger partial charge in [-0.2, -0.15) is 5.26 Å². The second-order valence-electron chi connectivity index (χ2n) is 7.86. The summed E-state index contributed by atoms with van der Waals surface area (Å²) in [5, 5.41) is 13.3. The Hall–Kier alpha value is -2.68. The Morgan fingerprint density at radius 1 is 1.24 bits per heavy atom. The van der Waals surface area contributed by atoms with Crippen LogP contribution in [0.5, 0.6) is 0 Å². The van der Waals surface area contributed by atoms with Gasteiger partial charge in [0.15, 0.2) is 0 Å². The van der Waals surface area contributed by atoms with Gasteiger partial charge in [0.1, 0.15) is 0 Å². The predicted octanol–water partition coefficient (Wildman–Crippen LogP) is 5.37. The van der Waals surface area contributed by atoms with Crippen LogP contribution in [0.25, 0.3) is 10.8 Å². The first kappa shape index (κ1) is 19.6. The zero-order chi connectivity index (χ0) is 20.4. The van der Waals surface area contributed by atoms with Gasteiger partial charge in [-0.3, -0.25) is 4.79 Å². The zero-order valence-corrected chi connectivity index (χ0v) is 17.5. The summed E-state index contributed by atoms with van der Waals surface area (Å²) in [6.45, 7) is 5.44. The van der Waals surface area contributed by atoms with Gasteiger partial charge in [0, 0.05) is 17.0 Å². The number of amides is 1. The Bertz CT molecular complexity index is 1050. The molecule has 1 aliphatic rings. The van der Waals surface area contributed by atoms with Gasteiger partial charge in [0.2, 0.25) is 5.91 Å². The lowest BCUT2D eigenvalue weighted by Gasteiger charge is -2.30. The van der Waals surface area contributed by atoms with Crippen molar-refractivity contribution >= 4 is 33.7 Å². The average molecular weight is 405 g/mol. The Labute approximate surface area is 175 Å². The molecule has 1 aromatic heterocycles. The van der Waals surface area contributed by atoms with E-state index < -0.39 is 0 Å². The van der Waals surface area contributed by atoms with Crippen molar-refractivity contribution in [3.8, 4) is 6.07 Å². The van der Waals surface area contributed by atoms with Crippen molar-refractivity contribution in [1.82, 2.24) is 0 Å². The van der Waals surface area contributed by atoms with Gasteiger partial charge in [0.25, 0.3) is 0 Å². The van der Waals surface area contributed by atoms with Gasteiger partial charge < -0.3 is 9.64 Å². The number of rotatable bonds is 6. The molecule has 0 saturated carbocycles. The fourth-order valence-corrected chi connectivity index (χ4v) is 4.86. The lowest BCUT2D eigenvalue weighted by Crippen LogP contribution is -2.40. The van der Waals surface area contributed by atoms with E-state index in [1.807, 2.05) is 52.7 Å². The van der Waals surface area contributed by atoms with Crippen LogP contribution in [0.1, 0.15) is 30.7 Å². The van der Waals surface area contributed by atoms with Gasteiger partial charge in [-0.05, 0) is 52.3 Å². The quantitative estimate of drug-likeness (QED) is 0.555. The average Bonchev–Trinajstić information content (AvgIpc) is 3.35. The van der Waals surface area contributed by atoms with Crippen LogP contribution in [0.2, 0.25) is 0 Å². The van der Waals surface area contributed by atoms with Crippen LogP contribution in [0.3, 0.4) is 0 Å². The smallest absolute Gasteiger partial charge is 0.227 e. The fourth-order valence-electron chi connectivity index (χ4n) is 4.22. The van der Waals surface area contributed by atoms with E-state index in [4.69, 9.17) is 4.74 Å². The van der Waals surface area contributed by atoms with Gasteiger partial charge in [-0.25, -0.2) is 0 Å². The first-order valence-corrected chi connectivity index (χ1v) is 10.8. The number of nitrogens with zero attached hydrogens (tertiary/aromatic N) is 2. The largest absolute Gasteiger partial charge is 0.374 e. The number of ether oxygens (including phenoxy) is 1. The second-order valence-corrected chi connectivity index (χ2v) is 8.89. The van der Waals surface area contributed by atoms with E-state index in [2.05, 4.69) is 26.0 Å². The molecule has 3 aromatic rings. The minimum Gasteiger partial charge on any atom is -0.374 e. The maximum atomic E-state index is 13.0. The Morgan fingerprint density at radius 2 is 2.10 bits per heavy atom. The molecule has 29 heavy (non-hydrogen) atoms. The number of benzene rings is 2. The molecule has 0 N–H and O–H groups in total. The molecule has 1 fully saturated rings. The van der Waals surface area contributed by atoms with Crippen molar-refractivity contribution in [3.63, 3.8) is 0 Å². The topological polar surface area (TPSA) is 53.3 Å². The molecule has 1 saturated heterocycles. The Balaban J connectivity index is 1.63. The van der Waals surface area contributed by atoms with E-state index in [-0.39, 0.29) is 17.9 Å². The van der Waals surface area contributed by atoms with Crippen molar-refractivity contribution in [2.45, 2.75) is 32.9 Å². The molecule has 0 spiro atoms. The molecule has 4 nitrogen and oxygen atoms in total. The zero-order valence-electron chi connectivity index (χ0n) is 16.7. The Morgan fingerprint density at radius 3 is 2.83 bits per heavy atom. The van der Waals surface area contributed by atoms with Gasteiger partial charge in [-0.15, -0.1) is 11.3 Å². The fraction of sp³-hybridized carbons (Fsp3) is 0.333. The predicted molar refractivity (Wildman–Crippen MR) is 117 cm³/mol. The van der Waals surface area contributed by atoms with E-state index in [1.54, 1.807) is 11.3 Å².